The molecule has 0 radical (unpaired) electrons. The van der Waals surface area contributed by atoms with Crippen LogP contribution in [0.3, 0.4) is 0 Å². The zero-order valence-electron chi connectivity index (χ0n) is 54.2. The number of nitrogens with zero attached hydrogens (tertiary/aromatic N) is 1. The number of rotatable bonds is 64. The van der Waals surface area contributed by atoms with E-state index in [-0.39, 0.29) is 19.1 Å². The second-order valence-electron chi connectivity index (χ2n) is 24.9. The second kappa shape index (κ2) is 62.5. The third-order valence-corrected chi connectivity index (χ3v) is 16.6. The van der Waals surface area contributed by atoms with Crippen LogP contribution in [0.25, 0.3) is 0 Å². The lowest BCUT2D eigenvalue weighted by Crippen LogP contribution is -2.45. The van der Waals surface area contributed by atoms with Crippen LogP contribution in [0, 0.1) is 0 Å². The number of aliphatic hydroxyl groups is 1. The average molecular weight is 1160 g/mol. The summed E-state index contributed by atoms with van der Waals surface area (Å²) in [7, 11) is 1.27. The van der Waals surface area contributed by atoms with Gasteiger partial charge in [0.15, 0.2) is 0 Å². The van der Waals surface area contributed by atoms with Crippen LogP contribution in [-0.2, 0) is 18.4 Å². The molecular formula is C72H135N2O6P. The van der Waals surface area contributed by atoms with Crippen molar-refractivity contribution in [2.75, 3.05) is 40.9 Å². The van der Waals surface area contributed by atoms with E-state index in [1.165, 1.54) is 238 Å². The van der Waals surface area contributed by atoms with Crippen molar-refractivity contribution < 1.29 is 32.9 Å². The number of quaternary nitrogens is 1. The van der Waals surface area contributed by atoms with Crippen LogP contribution in [0.1, 0.15) is 328 Å². The molecule has 0 saturated heterocycles. The molecule has 3 atom stereocenters. The van der Waals surface area contributed by atoms with Gasteiger partial charge in [0, 0.05) is 6.42 Å². The van der Waals surface area contributed by atoms with Gasteiger partial charge in [-0.15, -0.1) is 0 Å². The maximum atomic E-state index is 13.0. The van der Waals surface area contributed by atoms with Crippen molar-refractivity contribution in [1.29, 1.82) is 0 Å². The molecule has 0 aliphatic heterocycles. The van der Waals surface area contributed by atoms with Crippen LogP contribution in [0.15, 0.2) is 72.9 Å². The van der Waals surface area contributed by atoms with E-state index in [0.717, 1.165) is 70.6 Å². The molecule has 9 heteroatoms. The van der Waals surface area contributed by atoms with Gasteiger partial charge in [-0.1, -0.05) is 331 Å². The number of carbonyl (C=O) groups excluding carboxylic acids is 1. The lowest BCUT2D eigenvalue weighted by atomic mass is 10.0. The fraction of sp³-hybridized carbons (Fsp3) is 0.819. The Hall–Kier alpha value is -2.06. The first-order valence-corrected chi connectivity index (χ1v) is 36.3. The topological polar surface area (TPSA) is 108 Å². The smallest absolute Gasteiger partial charge is 0.268 e. The standard InChI is InChI=1S/C72H135N2O6P/c1-6-8-10-12-14-16-18-20-22-24-26-28-30-32-34-36-37-38-40-42-44-46-48-50-52-54-56-58-60-62-64-66-72(76)73-70(69-80-81(77,78)79-68-67-74(3,4)5)71(75)65-63-61-59-57-55-53-51-49-47-45-43-41-39-35-33-31-29-27-25-23-21-19-17-15-13-11-9-7-2/h8,10,14,16,20,22,26,28,32,34,63,65,70-71,75H,6-7,9,11-13,15,17-19,21,23-25,27,29-31,33,35-62,64,66-69H2,1-5H3,(H-,73,76,77,78)/b10-8-,16-14-,22-20-,28-26-,34-32-,65-63+. The monoisotopic (exact) mass is 1160 g/mol. The molecule has 0 fully saturated rings. The van der Waals surface area contributed by atoms with Crippen molar-refractivity contribution in [3.8, 4) is 0 Å². The maximum Gasteiger partial charge on any atom is 0.268 e. The molecule has 0 spiro atoms. The molecule has 0 aromatic heterocycles. The summed E-state index contributed by atoms with van der Waals surface area (Å²) in [5, 5.41) is 14.0. The Balaban J connectivity index is 4.08. The van der Waals surface area contributed by atoms with Crippen molar-refractivity contribution in [2.24, 2.45) is 0 Å². The Morgan fingerprint density at radius 2 is 0.753 bits per heavy atom. The number of unbranched alkanes of at least 4 members (excludes halogenated alkanes) is 41. The normalized spacial score (nSPS) is 14.1. The van der Waals surface area contributed by atoms with Gasteiger partial charge in [-0.2, -0.15) is 0 Å². The van der Waals surface area contributed by atoms with Crippen LogP contribution < -0.4 is 10.2 Å². The minimum absolute atomic E-state index is 0.00192. The van der Waals surface area contributed by atoms with E-state index in [4.69, 9.17) is 9.05 Å². The van der Waals surface area contributed by atoms with E-state index >= 15 is 0 Å². The van der Waals surface area contributed by atoms with Gasteiger partial charge in [-0.3, -0.25) is 9.36 Å². The van der Waals surface area contributed by atoms with Gasteiger partial charge in [0.05, 0.1) is 39.9 Å². The number of likely N-dealkylation sites (N-methyl/N-ethyl adjacent to an activating group) is 1. The van der Waals surface area contributed by atoms with Crippen molar-refractivity contribution in [3.05, 3.63) is 72.9 Å². The zero-order valence-corrected chi connectivity index (χ0v) is 55.1. The van der Waals surface area contributed by atoms with E-state index < -0.39 is 20.0 Å². The SMILES string of the molecule is CC/C=C\C/C=C\C/C=C\C/C=C\C/C=C\CCCCCCCCCCCCCCCCCC(=O)NC(COP(=O)([O-])OCC[N+](C)(C)C)C(O)/C=C/CCCCCCCCCCCCCCCCCCCCCCCCCCCC. The van der Waals surface area contributed by atoms with Gasteiger partial charge < -0.3 is 28.8 Å². The fourth-order valence-corrected chi connectivity index (χ4v) is 11.0. The second-order valence-corrected chi connectivity index (χ2v) is 26.3. The molecule has 2 N–H and O–H groups in total. The number of phosphoric acid groups is 1. The summed E-state index contributed by atoms with van der Waals surface area (Å²) in [5.74, 6) is -0.195. The highest BCUT2D eigenvalue weighted by molar-refractivity contribution is 7.45. The Labute approximate surface area is 504 Å². The van der Waals surface area contributed by atoms with E-state index in [1.54, 1.807) is 6.08 Å². The van der Waals surface area contributed by atoms with Crippen molar-refractivity contribution >= 4 is 13.7 Å². The molecule has 1 amide bonds. The van der Waals surface area contributed by atoms with Gasteiger partial charge in [0.25, 0.3) is 7.82 Å². The molecule has 0 saturated carbocycles. The summed E-state index contributed by atoms with van der Waals surface area (Å²) in [6.07, 6.45) is 87.3. The summed E-state index contributed by atoms with van der Waals surface area (Å²) < 4.78 is 23.5. The third-order valence-electron chi connectivity index (χ3n) is 15.7. The minimum Gasteiger partial charge on any atom is -0.756 e. The number of hydrogen-bond donors (Lipinski definition) is 2. The van der Waals surface area contributed by atoms with Crippen molar-refractivity contribution in [2.45, 2.75) is 341 Å². The molecule has 8 nitrogen and oxygen atoms in total. The molecule has 0 bridgehead atoms. The van der Waals surface area contributed by atoms with Gasteiger partial charge >= 0.3 is 0 Å². The largest absolute Gasteiger partial charge is 0.756 e. The average Bonchev–Trinajstić information content (AvgIpc) is 3.43. The number of phosphoric ester groups is 1. The highest BCUT2D eigenvalue weighted by atomic mass is 31.2. The van der Waals surface area contributed by atoms with Crippen LogP contribution in [0.4, 0.5) is 0 Å². The Morgan fingerprint density at radius 1 is 0.444 bits per heavy atom. The molecule has 0 aliphatic rings. The first-order valence-electron chi connectivity index (χ1n) is 34.8. The highest BCUT2D eigenvalue weighted by Gasteiger charge is 2.23. The summed E-state index contributed by atoms with van der Waals surface area (Å²) in [6, 6.07) is -0.891. The number of aliphatic hydroxyl groups excluding tert-OH is 1. The highest BCUT2D eigenvalue weighted by Crippen LogP contribution is 2.38. The zero-order chi connectivity index (χ0) is 59.1. The molecule has 81 heavy (non-hydrogen) atoms. The molecule has 0 aromatic rings. The minimum atomic E-state index is -4.61. The Bertz CT molecular complexity index is 1550. The van der Waals surface area contributed by atoms with E-state index in [1.807, 2.05) is 27.2 Å². The number of allylic oxidation sites excluding steroid dienone is 11. The van der Waals surface area contributed by atoms with E-state index in [0.29, 0.717) is 17.4 Å². The molecule has 3 unspecified atom stereocenters. The third kappa shape index (κ3) is 65.3. The molecule has 0 heterocycles. The van der Waals surface area contributed by atoms with Crippen LogP contribution in [0.2, 0.25) is 0 Å². The van der Waals surface area contributed by atoms with Gasteiger partial charge in [0.1, 0.15) is 13.2 Å². The first-order chi connectivity index (χ1) is 39.5. The van der Waals surface area contributed by atoms with Gasteiger partial charge in [-0.25, -0.2) is 0 Å². The van der Waals surface area contributed by atoms with Gasteiger partial charge in [0.2, 0.25) is 5.91 Å². The van der Waals surface area contributed by atoms with Crippen LogP contribution in [0.5, 0.6) is 0 Å². The Kier molecular flexibility index (Phi) is 60.9. The lowest BCUT2D eigenvalue weighted by molar-refractivity contribution is -0.870. The van der Waals surface area contributed by atoms with E-state index in [9.17, 15) is 19.4 Å². The molecule has 0 rings (SSSR count). The molecule has 474 valence electrons. The number of hydrogen-bond acceptors (Lipinski definition) is 6. The fourth-order valence-electron chi connectivity index (χ4n) is 10.3. The molecule has 0 aromatic carbocycles. The quantitative estimate of drug-likeness (QED) is 0.0272. The lowest BCUT2D eigenvalue weighted by Gasteiger charge is -2.29. The van der Waals surface area contributed by atoms with Crippen LogP contribution >= 0.6 is 7.82 Å². The Morgan fingerprint density at radius 3 is 1.10 bits per heavy atom. The summed E-state index contributed by atoms with van der Waals surface area (Å²) in [4.78, 5) is 25.6. The number of carbonyl (C=O) groups is 1. The summed E-state index contributed by atoms with van der Waals surface area (Å²) in [6.45, 7) is 4.58. The van der Waals surface area contributed by atoms with Crippen molar-refractivity contribution in [3.63, 3.8) is 0 Å². The summed E-state index contributed by atoms with van der Waals surface area (Å²) >= 11 is 0. The van der Waals surface area contributed by atoms with Crippen LogP contribution in [-0.4, -0.2) is 68.5 Å². The first kappa shape index (κ1) is 78.9. The van der Waals surface area contributed by atoms with E-state index in [2.05, 4.69) is 79.9 Å². The predicted octanol–water partition coefficient (Wildman–Crippen LogP) is 21.5. The summed E-state index contributed by atoms with van der Waals surface area (Å²) in [5.41, 5.74) is 0. The molecule has 0 aliphatic carbocycles. The van der Waals surface area contributed by atoms with Crippen molar-refractivity contribution in [1.82, 2.24) is 5.32 Å². The van der Waals surface area contributed by atoms with Gasteiger partial charge in [-0.05, 0) is 64.2 Å². The molecular weight excluding hydrogens is 1020 g/mol. The predicted molar refractivity (Wildman–Crippen MR) is 353 cm³/mol. The maximum absolute atomic E-state index is 13.0. The number of amides is 1. The number of nitrogens with one attached hydrogen (secondary N) is 1.